The molecule has 1 amide bonds. The molecule has 2 rings (SSSR count). The third-order valence-corrected chi connectivity index (χ3v) is 3.57. The molecule has 1 saturated carbocycles. The first kappa shape index (κ1) is 14.4. The number of ether oxygens (including phenoxy) is 2. The number of methoxy groups -OCH3 is 2. The Hall–Kier alpha value is -1.97. The average molecular weight is 275 g/mol. The predicted octanol–water partition coefficient (Wildman–Crippen LogP) is 2.78. The Morgan fingerprint density at radius 1 is 1.20 bits per heavy atom. The molecular weight excluding hydrogens is 254 g/mol. The molecule has 1 N–H and O–H groups in total. The highest BCUT2D eigenvalue weighted by molar-refractivity contribution is 5.92. The van der Waals surface area contributed by atoms with E-state index in [4.69, 9.17) is 9.47 Å². The van der Waals surface area contributed by atoms with Crippen LogP contribution in [0.25, 0.3) is 6.08 Å². The van der Waals surface area contributed by atoms with Crippen LogP contribution in [0, 0.1) is 0 Å². The van der Waals surface area contributed by atoms with Crippen molar-refractivity contribution in [2.45, 2.75) is 31.7 Å². The third kappa shape index (κ3) is 3.53. The van der Waals surface area contributed by atoms with Crippen molar-refractivity contribution >= 4 is 12.0 Å². The summed E-state index contributed by atoms with van der Waals surface area (Å²) in [5.74, 6) is 1.31. The van der Waals surface area contributed by atoms with E-state index in [0.717, 1.165) is 18.4 Å². The summed E-state index contributed by atoms with van der Waals surface area (Å²) < 4.78 is 10.6. The molecule has 1 aromatic carbocycles. The molecule has 4 heteroatoms. The van der Waals surface area contributed by atoms with Gasteiger partial charge in [-0.3, -0.25) is 4.79 Å². The molecule has 0 atom stereocenters. The molecule has 0 saturated heterocycles. The minimum absolute atomic E-state index is 0.0649. The van der Waals surface area contributed by atoms with Crippen LogP contribution in [0.4, 0.5) is 0 Å². The second-order valence-electron chi connectivity index (χ2n) is 4.90. The summed E-state index contributed by atoms with van der Waals surface area (Å²) in [4.78, 5) is 11.9. The van der Waals surface area contributed by atoms with Crippen LogP contribution in [-0.2, 0) is 4.79 Å². The summed E-state index contributed by atoms with van der Waals surface area (Å²) in [5.41, 5.74) is 0.777. The van der Waals surface area contributed by atoms with Crippen molar-refractivity contribution in [3.63, 3.8) is 0 Å². The molecule has 20 heavy (non-hydrogen) atoms. The molecule has 0 unspecified atom stereocenters. The SMILES string of the molecule is COc1cccc(OC)c1/C=C/C(=O)NC1CCCC1. The Morgan fingerprint density at radius 3 is 2.35 bits per heavy atom. The van der Waals surface area contributed by atoms with Gasteiger partial charge in [0, 0.05) is 12.1 Å². The smallest absolute Gasteiger partial charge is 0.244 e. The first-order valence-electron chi connectivity index (χ1n) is 6.94. The quantitative estimate of drug-likeness (QED) is 0.841. The number of carbonyl (C=O) groups is 1. The summed E-state index contributed by atoms with van der Waals surface area (Å²) >= 11 is 0. The van der Waals surface area contributed by atoms with Crippen molar-refractivity contribution in [3.8, 4) is 11.5 Å². The van der Waals surface area contributed by atoms with Crippen LogP contribution >= 0.6 is 0 Å². The van der Waals surface area contributed by atoms with E-state index in [9.17, 15) is 4.79 Å². The molecule has 1 fully saturated rings. The van der Waals surface area contributed by atoms with E-state index in [0.29, 0.717) is 17.5 Å². The van der Waals surface area contributed by atoms with E-state index in [1.165, 1.54) is 12.8 Å². The maximum Gasteiger partial charge on any atom is 0.244 e. The number of hydrogen-bond acceptors (Lipinski definition) is 3. The zero-order valence-electron chi connectivity index (χ0n) is 12.0. The van der Waals surface area contributed by atoms with E-state index < -0.39 is 0 Å². The average Bonchev–Trinajstić information content (AvgIpc) is 2.97. The van der Waals surface area contributed by atoms with Crippen LogP contribution in [0.2, 0.25) is 0 Å². The zero-order valence-corrected chi connectivity index (χ0v) is 12.0. The highest BCUT2D eigenvalue weighted by atomic mass is 16.5. The minimum atomic E-state index is -0.0649. The van der Waals surface area contributed by atoms with Crippen molar-refractivity contribution < 1.29 is 14.3 Å². The van der Waals surface area contributed by atoms with Crippen LogP contribution in [0.3, 0.4) is 0 Å². The van der Waals surface area contributed by atoms with Gasteiger partial charge >= 0.3 is 0 Å². The summed E-state index contributed by atoms with van der Waals surface area (Å²) in [6.45, 7) is 0. The largest absolute Gasteiger partial charge is 0.496 e. The molecule has 0 aliphatic heterocycles. The van der Waals surface area contributed by atoms with E-state index in [1.54, 1.807) is 26.4 Å². The lowest BCUT2D eigenvalue weighted by Gasteiger charge is -2.11. The number of nitrogens with one attached hydrogen (secondary N) is 1. The summed E-state index contributed by atoms with van der Waals surface area (Å²) in [5, 5.41) is 3.02. The molecular formula is C16H21NO3. The molecule has 0 spiro atoms. The normalized spacial score (nSPS) is 15.5. The molecule has 1 aromatic rings. The fourth-order valence-electron chi connectivity index (χ4n) is 2.52. The molecule has 1 aliphatic rings. The first-order chi connectivity index (χ1) is 9.74. The Morgan fingerprint density at radius 2 is 1.80 bits per heavy atom. The van der Waals surface area contributed by atoms with Crippen molar-refractivity contribution in [3.05, 3.63) is 29.8 Å². The monoisotopic (exact) mass is 275 g/mol. The highest BCUT2D eigenvalue weighted by Crippen LogP contribution is 2.29. The van der Waals surface area contributed by atoms with Gasteiger partial charge in [-0.05, 0) is 31.1 Å². The fourth-order valence-corrected chi connectivity index (χ4v) is 2.52. The summed E-state index contributed by atoms with van der Waals surface area (Å²) in [7, 11) is 3.20. The Kier molecular flexibility index (Phi) is 5.04. The minimum Gasteiger partial charge on any atom is -0.496 e. The molecule has 0 bridgehead atoms. The zero-order chi connectivity index (χ0) is 14.4. The number of rotatable bonds is 5. The van der Waals surface area contributed by atoms with Crippen molar-refractivity contribution in [1.29, 1.82) is 0 Å². The topological polar surface area (TPSA) is 47.6 Å². The number of amides is 1. The van der Waals surface area contributed by atoms with Gasteiger partial charge in [0.25, 0.3) is 0 Å². The third-order valence-electron chi connectivity index (χ3n) is 3.57. The second-order valence-corrected chi connectivity index (χ2v) is 4.90. The van der Waals surface area contributed by atoms with E-state index in [1.807, 2.05) is 18.2 Å². The van der Waals surface area contributed by atoms with Gasteiger partial charge in [0.05, 0.1) is 19.8 Å². The second kappa shape index (κ2) is 6.98. The standard InChI is InChI=1S/C16H21NO3/c1-19-14-8-5-9-15(20-2)13(14)10-11-16(18)17-12-6-3-4-7-12/h5,8-12H,3-4,6-7H2,1-2H3,(H,17,18)/b11-10+. The maximum absolute atomic E-state index is 11.9. The number of benzene rings is 1. The van der Waals surface area contributed by atoms with E-state index in [-0.39, 0.29) is 5.91 Å². The number of carbonyl (C=O) groups excluding carboxylic acids is 1. The lowest BCUT2D eigenvalue weighted by atomic mass is 10.1. The lowest BCUT2D eigenvalue weighted by molar-refractivity contribution is -0.117. The van der Waals surface area contributed by atoms with Crippen LogP contribution in [-0.4, -0.2) is 26.2 Å². The van der Waals surface area contributed by atoms with E-state index >= 15 is 0 Å². The predicted molar refractivity (Wildman–Crippen MR) is 79.0 cm³/mol. The van der Waals surface area contributed by atoms with Gasteiger partial charge in [-0.25, -0.2) is 0 Å². The van der Waals surface area contributed by atoms with Crippen molar-refractivity contribution in [2.75, 3.05) is 14.2 Å². The molecule has 108 valence electrons. The van der Waals surface area contributed by atoms with Gasteiger partial charge in [-0.15, -0.1) is 0 Å². The van der Waals surface area contributed by atoms with Crippen LogP contribution < -0.4 is 14.8 Å². The van der Waals surface area contributed by atoms with Gasteiger partial charge in [0.1, 0.15) is 11.5 Å². The summed E-state index contributed by atoms with van der Waals surface area (Å²) in [6.07, 6.45) is 7.85. The molecule has 0 aromatic heterocycles. The van der Waals surface area contributed by atoms with Gasteiger partial charge < -0.3 is 14.8 Å². The Balaban J connectivity index is 2.07. The number of hydrogen-bond donors (Lipinski definition) is 1. The van der Waals surface area contributed by atoms with Gasteiger partial charge in [0.2, 0.25) is 5.91 Å². The van der Waals surface area contributed by atoms with Crippen LogP contribution in [0.15, 0.2) is 24.3 Å². The van der Waals surface area contributed by atoms with Crippen LogP contribution in [0.1, 0.15) is 31.2 Å². The van der Waals surface area contributed by atoms with Crippen LogP contribution in [0.5, 0.6) is 11.5 Å². The molecule has 0 radical (unpaired) electrons. The Bertz CT molecular complexity index is 468. The van der Waals surface area contributed by atoms with Crippen molar-refractivity contribution in [2.24, 2.45) is 0 Å². The van der Waals surface area contributed by atoms with E-state index in [2.05, 4.69) is 5.32 Å². The van der Waals surface area contributed by atoms with Gasteiger partial charge in [0.15, 0.2) is 0 Å². The highest BCUT2D eigenvalue weighted by Gasteiger charge is 2.16. The maximum atomic E-state index is 11.9. The summed E-state index contributed by atoms with van der Waals surface area (Å²) in [6, 6.07) is 5.87. The molecule has 0 heterocycles. The molecule has 4 nitrogen and oxygen atoms in total. The fraction of sp³-hybridized carbons (Fsp3) is 0.438. The van der Waals surface area contributed by atoms with Gasteiger partial charge in [-0.1, -0.05) is 18.9 Å². The van der Waals surface area contributed by atoms with Gasteiger partial charge in [-0.2, -0.15) is 0 Å². The van der Waals surface area contributed by atoms with Crippen molar-refractivity contribution in [1.82, 2.24) is 5.32 Å². The molecule has 1 aliphatic carbocycles. The lowest BCUT2D eigenvalue weighted by Crippen LogP contribution is -2.30. The first-order valence-corrected chi connectivity index (χ1v) is 6.94. The Labute approximate surface area is 119 Å².